The average molecular weight is 454 g/mol. The molecule has 1 fully saturated rings. The molecule has 3 aromatic rings. The van der Waals surface area contributed by atoms with Gasteiger partial charge < -0.3 is 9.32 Å². The summed E-state index contributed by atoms with van der Waals surface area (Å²) in [5, 5.41) is 20.3. The van der Waals surface area contributed by atoms with Crippen LogP contribution in [0.2, 0.25) is 0 Å². The first-order chi connectivity index (χ1) is 15.1. The van der Waals surface area contributed by atoms with E-state index in [0.29, 0.717) is 29.4 Å². The van der Waals surface area contributed by atoms with Crippen LogP contribution in [0.3, 0.4) is 0 Å². The van der Waals surface area contributed by atoms with Crippen LogP contribution in [-0.4, -0.2) is 39.5 Å². The first-order valence-corrected chi connectivity index (χ1v) is 11.5. The Labute approximate surface area is 187 Å². The van der Waals surface area contributed by atoms with Gasteiger partial charge in [0.15, 0.2) is 10.1 Å². The van der Waals surface area contributed by atoms with Gasteiger partial charge in [-0.05, 0) is 49.1 Å². The lowest BCUT2D eigenvalue weighted by atomic mass is 10.0. The number of carbonyl (C=O) groups excluding carboxylic acids is 2. The van der Waals surface area contributed by atoms with Crippen LogP contribution in [0.15, 0.2) is 51.4 Å². The van der Waals surface area contributed by atoms with E-state index in [1.165, 1.54) is 29.4 Å². The van der Waals surface area contributed by atoms with Crippen molar-refractivity contribution in [2.24, 2.45) is 0 Å². The lowest BCUT2D eigenvalue weighted by Gasteiger charge is -2.33. The zero-order valence-corrected chi connectivity index (χ0v) is 18.1. The van der Waals surface area contributed by atoms with Crippen LogP contribution in [-0.2, 0) is 10.5 Å². The maximum absolute atomic E-state index is 12.9. The van der Waals surface area contributed by atoms with Crippen LogP contribution in [0.5, 0.6) is 0 Å². The van der Waals surface area contributed by atoms with Gasteiger partial charge in [-0.2, -0.15) is 5.26 Å². The molecule has 1 aliphatic heterocycles. The van der Waals surface area contributed by atoms with Crippen molar-refractivity contribution in [3.63, 3.8) is 0 Å². The Bertz CT molecular complexity index is 1090. The van der Waals surface area contributed by atoms with E-state index in [0.717, 1.165) is 22.7 Å². The van der Waals surface area contributed by atoms with Gasteiger partial charge in [-0.25, -0.2) is 0 Å². The second-order valence-electron chi connectivity index (χ2n) is 6.95. The minimum Gasteiger partial charge on any atom is -0.459 e. The monoisotopic (exact) mass is 453 g/mol. The number of rotatable bonds is 6. The number of carbonyl (C=O) groups is 2. The third-order valence-corrected chi connectivity index (χ3v) is 6.92. The number of hydrogen-bond donors (Lipinski definition) is 1. The van der Waals surface area contributed by atoms with Gasteiger partial charge in [0.1, 0.15) is 6.04 Å². The molecule has 0 spiro atoms. The number of likely N-dealkylation sites (tertiary alicyclic amines) is 1. The molecular weight excluding hydrogens is 434 g/mol. The Morgan fingerprint density at radius 2 is 2.10 bits per heavy atom. The Kier molecular flexibility index (Phi) is 6.64. The molecule has 0 radical (unpaired) electrons. The molecule has 1 aromatic carbocycles. The molecule has 4 rings (SSSR count). The van der Waals surface area contributed by atoms with Crippen LogP contribution in [0.4, 0.5) is 5.13 Å². The van der Waals surface area contributed by atoms with E-state index in [2.05, 4.69) is 21.6 Å². The van der Waals surface area contributed by atoms with Crippen molar-refractivity contribution >= 4 is 40.0 Å². The number of benzene rings is 1. The molecule has 1 atom stereocenters. The molecule has 0 bridgehead atoms. The summed E-state index contributed by atoms with van der Waals surface area (Å²) in [6, 6.07) is 12.2. The van der Waals surface area contributed by atoms with Crippen LogP contribution < -0.4 is 5.32 Å². The SMILES string of the molecule is N#Cc1ccc(CSc2nnc(NC(=O)C3CCCCN3C(=O)c3ccco3)s2)cc1. The maximum Gasteiger partial charge on any atom is 0.290 e. The van der Waals surface area contributed by atoms with Crippen molar-refractivity contribution in [3.8, 4) is 6.07 Å². The topological polar surface area (TPSA) is 112 Å². The first kappa shape index (κ1) is 21.1. The third kappa shape index (κ3) is 5.13. The summed E-state index contributed by atoms with van der Waals surface area (Å²) in [6.07, 6.45) is 3.77. The van der Waals surface area contributed by atoms with Crippen LogP contribution in [0, 0.1) is 11.3 Å². The number of thioether (sulfide) groups is 1. The molecule has 1 unspecified atom stereocenters. The van der Waals surface area contributed by atoms with Gasteiger partial charge in [0.25, 0.3) is 5.91 Å². The second-order valence-corrected chi connectivity index (χ2v) is 9.15. The fourth-order valence-electron chi connectivity index (χ4n) is 3.32. The van der Waals surface area contributed by atoms with E-state index in [9.17, 15) is 9.59 Å². The highest BCUT2D eigenvalue weighted by atomic mass is 32.2. The summed E-state index contributed by atoms with van der Waals surface area (Å²) in [6.45, 7) is 0.513. The van der Waals surface area contributed by atoms with Gasteiger partial charge in [-0.1, -0.05) is 35.2 Å². The minimum atomic E-state index is -0.565. The molecule has 0 saturated carbocycles. The summed E-state index contributed by atoms with van der Waals surface area (Å²) in [4.78, 5) is 27.1. The number of piperidine rings is 1. The lowest BCUT2D eigenvalue weighted by Crippen LogP contribution is -2.49. The van der Waals surface area contributed by atoms with Crippen LogP contribution >= 0.6 is 23.1 Å². The quantitative estimate of drug-likeness (QED) is 0.444. The highest BCUT2D eigenvalue weighted by Crippen LogP contribution is 2.29. The lowest BCUT2D eigenvalue weighted by molar-refractivity contribution is -0.121. The fourth-order valence-corrected chi connectivity index (χ4v) is 5.03. The predicted molar refractivity (Wildman–Crippen MR) is 117 cm³/mol. The molecule has 10 heteroatoms. The number of hydrogen-bond acceptors (Lipinski definition) is 8. The first-order valence-electron chi connectivity index (χ1n) is 9.75. The molecular formula is C21H19N5O3S2. The van der Waals surface area contributed by atoms with E-state index >= 15 is 0 Å². The average Bonchev–Trinajstić information content (AvgIpc) is 3.50. The zero-order valence-electron chi connectivity index (χ0n) is 16.5. The van der Waals surface area contributed by atoms with Gasteiger partial charge in [0.05, 0.1) is 17.9 Å². The van der Waals surface area contributed by atoms with Crippen molar-refractivity contribution in [2.45, 2.75) is 35.4 Å². The number of nitrogens with zero attached hydrogens (tertiary/aromatic N) is 4. The van der Waals surface area contributed by atoms with Gasteiger partial charge in [0.2, 0.25) is 11.0 Å². The fraction of sp³-hybridized carbons (Fsp3) is 0.286. The van der Waals surface area contributed by atoms with Crippen molar-refractivity contribution in [1.82, 2.24) is 15.1 Å². The second kappa shape index (κ2) is 9.76. The van der Waals surface area contributed by atoms with Crippen molar-refractivity contribution in [3.05, 3.63) is 59.5 Å². The Morgan fingerprint density at radius 3 is 2.84 bits per heavy atom. The van der Waals surface area contributed by atoms with E-state index in [-0.39, 0.29) is 17.6 Å². The summed E-state index contributed by atoms with van der Waals surface area (Å²) < 4.78 is 5.94. The van der Waals surface area contributed by atoms with Crippen molar-refractivity contribution < 1.29 is 14.0 Å². The Balaban J connectivity index is 1.36. The number of nitriles is 1. The van der Waals surface area contributed by atoms with Crippen molar-refractivity contribution in [1.29, 1.82) is 5.26 Å². The molecule has 0 aliphatic carbocycles. The van der Waals surface area contributed by atoms with Crippen molar-refractivity contribution in [2.75, 3.05) is 11.9 Å². The summed E-state index contributed by atoms with van der Waals surface area (Å²) >= 11 is 2.80. The van der Waals surface area contributed by atoms with E-state index < -0.39 is 6.04 Å². The number of aromatic nitrogens is 2. The van der Waals surface area contributed by atoms with E-state index in [1.807, 2.05) is 12.1 Å². The minimum absolute atomic E-state index is 0.233. The molecule has 1 N–H and O–H groups in total. The molecule has 31 heavy (non-hydrogen) atoms. The number of anilines is 1. The predicted octanol–water partition coefficient (Wildman–Crippen LogP) is 3.93. The molecule has 1 saturated heterocycles. The van der Waals surface area contributed by atoms with Crippen LogP contribution in [0.1, 0.15) is 40.9 Å². The summed E-state index contributed by atoms with van der Waals surface area (Å²) in [7, 11) is 0. The van der Waals surface area contributed by atoms with Gasteiger partial charge >= 0.3 is 0 Å². The normalized spacial score (nSPS) is 16.0. The largest absolute Gasteiger partial charge is 0.459 e. The molecule has 1 aliphatic rings. The van der Waals surface area contributed by atoms with Gasteiger partial charge in [-0.3, -0.25) is 14.9 Å². The zero-order chi connectivity index (χ0) is 21.6. The molecule has 8 nitrogen and oxygen atoms in total. The summed E-state index contributed by atoms with van der Waals surface area (Å²) in [5.41, 5.74) is 1.69. The maximum atomic E-state index is 12.9. The molecule has 158 valence electrons. The third-order valence-electron chi connectivity index (χ3n) is 4.88. The summed E-state index contributed by atoms with van der Waals surface area (Å²) in [5.74, 6) is 0.375. The molecule has 2 aromatic heterocycles. The number of amides is 2. The van der Waals surface area contributed by atoms with Gasteiger partial charge in [-0.15, -0.1) is 10.2 Å². The van der Waals surface area contributed by atoms with E-state index in [4.69, 9.17) is 9.68 Å². The van der Waals surface area contributed by atoms with E-state index in [1.54, 1.807) is 29.2 Å². The number of furan rings is 1. The number of nitrogens with one attached hydrogen (secondary N) is 1. The Hall–Kier alpha value is -3.16. The standard InChI is InChI=1S/C21H19N5O3S2/c22-12-14-6-8-15(9-7-14)13-30-21-25-24-20(31-21)23-18(27)16-4-1-2-10-26(16)19(28)17-5-3-11-29-17/h3,5-9,11,16H,1-2,4,10,13H2,(H,23,24,27). The highest BCUT2D eigenvalue weighted by Gasteiger charge is 2.34. The molecule has 2 amide bonds. The molecule has 3 heterocycles. The smallest absolute Gasteiger partial charge is 0.290 e. The highest BCUT2D eigenvalue weighted by molar-refractivity contribution is 8.00. The Morgan fingerprint density at radius 1 is 1.26 bits per heavy atom. The van der Waals surface area contributed by atoms with Gasteiger partial charge in [0, 0.05) is 12.3 Å². The van der Waals surface area contributed by atoms with Crippen LogP contribution in [0.25, 0.3) is 0 Å².